The van der Waals surface area contributed by atoms with Gasteiger partial charge in [-0.3, -0.25) is 14.0 Å². The number of sulfonamides is 1. The van der Waals surface area contributed by atoms with Crippen molar-refractivity contribution >= 4 is 33.3 Å². The van der Waals surface area contributed by atoms with Crippen LogP contribution < -0.4 is 19.7 Å². The quantitative estimate of drug-likeness (QED) is 0.305. The fourth-order valence-electron chi connectivity index (χ4n) is 5.73. The molecule has 0 spiro atoms. The predicted molar refractivity (Wildman–Crippen MR) is 172 cm³/mol. The van der Waals surface area contributed by atoms with Gasteiger partial charge in [-0.1, -0.05) is 12.1 Å². The molecule has 2 aliphatic rings. The van der Waals surface area contributed by atoms with Gasteiger partial charge in [-0.25, -0.2) is 18.4 Å². The number of anilines is 3. The van der Waals surface area contributed by atoms with Crippen LogP contribution >= 0.6 is 0 Å². The van der Waals surface area contributed by atoms with Gasteiger partial charge in [0.15, 0.2) is 0 Å². The molecule has 1 aromatic heterocycles. The van der Waals surface area contributed by atoms with Gasteiger partial charge in [-0.15, -0.1) is 0 Å². The van der Waals surface area contributed by atoms with E-state index in [9.17, 15) is 26.4 Å². The summed E-state index contributed by atoms with van der Waals surface area (Å²) in [6.07, 6.45) is -1.11. The number of nitrogens with one attached hydrogen (secondary N) is 2. The Kier molecular flexibility index (Phi) is 10.3. The topological polar surface area (TPSA) is 126 Å². The first-order valence-corrected chi connectivity index (χ1v) is 17.1. The number of rotatable bonds is 11. The van der Waals surface area contributed by atoms with Gasteiger partial charge < -0.3 is 20.1 Å². The van der Waals surface area contributed by atoms with E-state index in [-0.39, 0.29) is 42.2 Å². The van der Waals surface area contributed by atoms with E-state index in [0.29, 0.717) is 41.8 Å². The van der Waals surface area contributed by atoms with Crippen molar-refractivity contribution in [3.8, 4) is 5.75 Å². The first-order chi connectivity index (χ1) is 22.2. The molecule has 3 heterocycles. The van der Waals surface area contributed by atoms with Crippen molar-refractivity contribution in [2.45, 2.75) is 50.9 Å². The number of aromatic nitrogens is 2. The summed E-state index contributed by atoms with van der Waals surface area (Å²) in [5.74, 6) is -0.0625. The number of nitrogens with zero attached hydrogens (tertiary/aromatic N) is 4. The summed E-state index contributed by atoms with van der Waals surface area (Å²) in [4.78, 5) is 23.6. The molecule has 5 rings (SSSR count). The highest BCUT2D eigenvalue weighted by atomic mass is 32.2. The standard InChI is InChI=1S/C32H39F3N6O5S/c1-20-7-8-21(28(14-20)40(2)47(4,43)44)9-11-26-25(32(33,34)35)16-36-31(38-26)39-27-12-10-22(15-29(27)45-3)30(42)37-23-6-5-13-41(17-23)24-18-46-19-24/h7-8,10,12,14-16,23-24H,5-6,9,11,13,17-19H2,1-4H3,(H,37,42)(H,36,38,39)/t23-/m1/s1. The molecule has 2 aliphatic heterocycles. The lowest BCUT2D eigenvalue weighted by molar-refractivity contribution is -0.138. The van der Waals surface area contributed by atoms with Crippen LogP contribution in [0.25, 0.3) is 0 Å². The van der Waals surface area contributed by atoms with Crippen LogP contribution in [-0.4, -0.2) is 88.0 Å². The average Bonchev–Trinajstić information content (AvgIpc) is 2.98. The molecule has 11 nitrogen and oxygen atoms in total. The molecule has 0 radical (unpaired) electrons. The highest BCUT2D eigenvalue weighted by Crippen LogP contribution is 2.34. The molecule has 47 heavy (non-hydrogen) atoms. The van der Waals surface area contributed by atoms with Crippen LogP contribution in [0.15, 0.2) is 42.6 Å². The number of aryl methyl sites for hydroxylation is 3. The maximum absolute atomic E-state index is 14.0. The first-order valence-electron chi connectivity index (χ1n) is 15.3. The zero-order valence-corrected chi connectivity index (χ0v) is 27.5. The maximum Gasteiger partial charge on any atom is 0.419 e. The van der Waals surface area contributed by atoms with Gasteiger partial charge in [0.1, 0.15) is 5.75 Å². The number of carbonyl (C=O) groups excluding carboxylic acids is 1. The summed E-state index contributed by atoms with van der Waals surface area (Å²) in [6, 6.07) is 10.3. The fourth-order valence-corrected chi connectivity index (χ4v) is 6.26. The normalized spacial score (nSPS) is 17.6. The Hall–Kier alpha value is -3.95. The van der Waals surface area contributed by atoms with E-state index in [1.165, 1.54) is 14.2 Å². The molecule has 2 fully saturated rings. The largest absolute Gasteiger partial charge is 0.495 e. The van der Waals surface area contributed by atoms with Gasteiger partial charge in [-0.05, 0) is 74.5 Å². The van der Waals surface area contributed by atoms with Gasteiger partial charge in [0.2, 0.25) is 16.0 Å². The van der Waals surface area contributed by atoms with E-state index < -0.39 is 21.8 Å². The second-order valence-corrected chi connectivity index (χ2v) is 14.0. The third kappa shape index (κ3) is 8.32. The summed E-state index contributed by atoms with van der Waals surface area (Å²) in [6.45, 7) is 4.97. The lowest BCUT2D eigenvalue weighted by Crippen LogP contribution is -2.56. The monoisotopic (exact) mass is 676 g/mol. The van der Waals surface area contributed by atoms with Crippen molar-refractivity contribution in [2.24, 2.45) is 0 Å². The third-order valence-corrected chi connectivity index (χ3v) is 9.71. The number of methoxy groups -OCH3 is 1. The lowest BCUT2D eigenvalue weighted by atomic mass is 10.0. The Bertz CT molecular complexity index is 1720. The molecule has 0 saturated carbocycles. The molecule has 2 N–H and O–H groups in total. The van der Waals surface area contributed by atoms with Gasteiger partial charge in [0, 0.05) is 31.4 Å². The molecular weight excluding hydrogens is 637 g/mol. The van der Waals surface area contributed by atoms with Crippen molar-refractivity contribution in [3.05, 3.63) is 70.5 Å². The Morgan fingerprint density at radius 3 is 2.60 bits per heavy atom. The van der Waals surface area contributed by atoms with Gasteiger partial charge >= 0.3 is 6.18 Å². The van der Waals surface area contributed by atoms with Crippen LogP contribution in [0.1, 0.15) is 45.6 Å². The van der Waals surface area contributed by atoms with E-state index in [4.69, 9.17) is 9.47 Å². The molecule has 254 valence electrons. The Labute approximate surface area is 272 Å². The van der Waals surface area contributed by atoms with Crippen LogP contribution in [0.5, 0.6) is 5.75 Å². The first kappa shape index (κ1) is 34.4. The highest BCUT2D eigenvalue weighted by Gasteiger charge is 2.35. The fraction of sp³-hybridized carbons (Fsp3) is 0.469. The van der Waals surface area contributed by atoms with Gasteiger partial charge in [-0.2, -0.15) is 13.2 Å². The van der Waals surface area contributed by atoms with Crippen LogP contribution in [0, 0.1) is 6.92 Å². The summed E-state index contributed by atoms with van der Waals surface area (Å²) < 4.78 is 78.3. The molecule has 3 aromatic rings. The minimum Gasteiger partial charge on any atom is -0.495 e. The van der Waals surface area contributed by atoms with Gasteiger partial charge in [0.25, 0.3) is 5.91 Å². The molecule has 0 bridgehead atoms. The zero-order valence-electron chi connectivity index (χ0n) is 26.7. The number of halogens is 3. The van der Waals surface area contributed by atoms with Crippen LogP contribution in [-0.2, 0) is 33.8 Å². The molecule has 2 saturated heterocycles. The zero-order chi connectivity index (χ0) is 33.9. The number of hydrogen-bond donors (Lipinski definition) is 2. The van der Waals surface area contributed by atoms with Crippen molar-refractivity contribution < 1.29 is 35.9 Å². The second kappa shape index (κ2) is 14.0. The maximum atomic E-state index is 14.0. The number of piperidine rings is 1. The van der Waals surface area contributed by atoms with E-state index in [1.54, 1.807) is 43.3 Å². The summed E-state index contributed by atoms with van der Waals surface area (Å²) in [7, 11) is -0.777. The van der Waals surface area contributed by atoms with Crippen molar-refractivity contribution in [3.63, 3.8) is 0 Å². The number of amides is 1. The Balaban J connectivity index is 1.33. The van der Waals surface area contributed by atoms with Crippen molar-refractivity contribution in [1.82, 2.24) is 20.2 Å². The molecular formula is C32H39F3N6O5S. The van der Waals surface area contributed by atoms with Crippen molar-refractivity contribution in [2.75, 3.05) is 56.3 Å². The second-order valence-electron chi connectivity index (χ2n) is 12.0. The number of benzene rings is 2. The number of carbonyl (C=O) groups is 1. The van der Waals surface area contributed by atoms with E-state index >= 15 is 0 Å². The number of ether oxygens (including phenoxy) is 2. The molecule has 1 atom stereocenters. The van der Waals surface area contributed by atoms with E-state index in [0.717, 1.165) is 48.3 Å². The number of hydrogen-bond acceptors (Lipinski definition) is 9. The molecule has 15 heteroatoms. The average molecular weight is 677 g/mol. The lowest BCUT2D eigenvalue weighted by Gasteiger charge is -2.42. The minimum atomic E-state index is -4.71. The molecule has 0 unspecified atom stereocenters. The summed E-state index contributed by atoms with van der Waals surface area (Å²) in [5, 5.41) is 6.03. The predicted octanol–water partition coefficient (Wildman–Crippen LogP) is 4.33. The smallest absolute Gasteiger partial charge is 0.419 e. The number of likely N-dealkylation sites (tertiary alicyclic amines) is 1. The molecule has 2 aromatic carbocycles. The molecule has 1 amide bonds. The van der Waals surface area contributed by atoms with Gasteiger partial charge in [0.05, 0.1) is 55.3 Å². The van der Waals surface area contributed by atoms with E-state index in [1.807, 2.05) is 0 Å². The Morgan fingerprint density at radius 2 is 1.94 bits per heavy atom. The summed E-state index contributed by atoms with van der Waals surface area (Å²) in [5.41, 5.74) is 1.24. The van der Waals surface area contributed by atoms with Crippen LogP contribution in [0.2, 0.25) is 0 Å². The highest BCUT2D eigenvalue weighted by molar-refractivity contribution is 7.92. The third-order valence-electron chi connectivity index (χ3n) is 8.52. The van der Waals surface area contributed by atoms with Crippen LogP contribution in [0.3, 0.4) is 0 Å². The Morgan fingerprint density at radius 1 is 1.17 bits per heavy atom. The summed E-state index contributed by atoms with van der Waals surface area (Å²) >= 11 is 0. The number of alkyl halides is 3. The van der Waals surface area contributed by atoms with Crippen molar-refractivity contribution in [1.29, 1.82) is 0 Å². The van der Waals surface area contributed by atoms with E-state index in [2.05, 4.69) is 25.5 Å². The SMILES string of the molecule is COc1cc(C(=O)N[C@@H]2CCCN(C3COC3)C2)ccc1Nc1ncc(C(F)(F)F)c(CCc2ccc(C)cc2N(C)S(C)(=O)=O)n1. The molecule has 0 aliphatic carbocycles. The van der Waals surface area contributed by atoms with Crippen LogP contribution in [0.4, 0.5) is 30.5 Å². The minimum absolute atomic E-state index is 0.00220.